The number of thioether (sulfide) groups is 1. The van der Waals surface area contributed by atoms with Gasteiger partial charge in [0.2, 0.25) is 13.4 Å². The maximum atomic E-state index is 4.75. The highest BCUT2D eigenvalue weighted by Gasteiger charge is 1.89. The van der Waals surface area contributed by atoms with Crippen molar-refractivity contribution in [1.82, 2.24) is 5.32 Å². The minimum Gasteiger partial charge on any atom is -0.467 e. The van der Waals surface area contributed by atoms with Crippen LogP contribution in [0.5, 0.6) is 0 Å². The average Bonchev–Trinajstić information content (AvgIpc) is 1.99. The second kappa shape index (κ2) is 5.35. The van der Waals surface area contributed by atoms with Gasteiger partial charge in [0.05, 0.1) is 0 Å². The van der Waals surface area contributed by atoms with Crippen LogP contribution < -0.4 is 5.32 Å². The summed E-state index contributed by atoms with van der Waals surface area (Å²) in [5, 5.41) is 3.02. The van der Waals surface area contributed by atoms with E-state index in [1.165, 1.54) is 0 Å². The zero-order valence-corrected chi connectivity index (χ0v) is 7.63. The second-order valence-corrected chi connectivity index (χ2v) is 2.53. The van der Waals surface area contributed by atoms with E-state index in [1.807, 2.05) is 20.2 Å². The molecule has 0 aromatic carbocycles. The maximum absolute atomic E-state index is 4.75. The molecule has 3 heteroatoms. The Labute approximate surface area is 66.4 Å². The smallest absolute Gasteiger partial charge is 0.233 e. The fourth-order valence-corrected chi connectivity index (χ4v) is 1.05. The summed E-state index contributed by atoms with van der Waals surface area (Å²) < 4.78 is 4.75. The van der Waals surface area contributed by atoms with Crippen molar-refractivity contribution in [2.45, 2.75) is 6.92 Å². The van der Waals surface area contributed by atoms with Crippen molar-refractivity contribution in [1.29, 1.82) is 0 Å². The largest absolute Gasteiger partial charge is 0.467 e. The van der Waals surface area contributed by atoms with Gasteiger partial charge in [-0.05, 0) is 18.2 Å². The topological polar surface area (TPSA) is 23.3 Å². The van der Waals surface area contributed by atoms with Gasteiger partial charge in [0.25, 0.3) is 0 Å². The molecule has 0 atom stereocenters. The van der Waals surface area contributed by atoms with Crippen LogP contribution in [0.2, 0.25) is 0 Å². The van der Waals surface area contributed by atoms with E-state index in [-0.39, 0.29) is 0 Å². The third kappa shape index (κ3) is 2.92. The molecule has 2 nitrogen and oxygen atoms in total. The summed E-state index contributed by atoms with van der Waals surface area (Å²) in [6, 6.07) is 0. The summed E-state index contributed by atoms with van der Waals surface area (Å²) in [5.41, 5.74) is 1.08. The van der Waals surface area contributed by atoms with E-state index < -0.39 is 0 Å². The Balaban J connectivity index is 4.29. The summed E-state index contributed by atoms with van der Waals surface area (Å²) in [6.45, 7) is 1.98. The monoisotopic (exact) mass is 159 g/mol. The van der Waals surface area contributed by atoms with E-state index in [0.717, 1.165) is 10.6 Å². The summed E-state index contributed by atoms with van der Waals surface area (Å²) in [5.74, 6) is 0. The number of allylic oxidation sites excluding steroid dienone is 2. The molecule has 10 heavy (non-hydrogen) atoms. The second-order valence-electron chi connectivity index (χ2n) is 1.71. The van der Waals surface area contributed by atoms with Gasteiger partial charge in [0.15, 0.2) is 0 Å². The van der Waals surface area contributed by atoms with Crippen LogP contribution >= 0.6 is 11.8 Å². The zero-order chi connectivity index (χ0) is 7.98. The number of carbonyl (C=O) groups excluding carboxylic acids is 1. The van der Waals surface area contributed by atoms with E-state index in [9.17, 15) is 0 Å². The molecule has 0 saturated carbocycles. The highest BCUT2D eigenvalue weighted by atomic mass is 32.2. The minimum atomic E-state index is 1.00. The van der Waals surface area contributed by atoms with Crippen molar-refractivity contribution in [3.63, 3.8) is 0 Å². The molecule has 58 valence electrons. The molecule has 0 aromatic rings. The third-order valence-electron chi connectivity index (χ3n) is 1.11. The van der Waals surface area contributed by atoms with Crippen molar-refractivity contribution in [2.75, 3.05) is 20.4 Å². The van der Waals surface area contributed by atoms with Crippen molar-refractivity contribution in [3.8, 4) is 0 Å². The molecule has 0 spiro atoms. The van der Waals surface area contributed by atoms with Crippen LogP contribution in [-0.4, -0.2) is 26.7 Å². The molecule has 0 amide bonds. The molecule has 0 aliphatic carbocycles. The molecule has 0 fully saturated rings. The lowest BCUT2D eigenvalue weighted by atomic mass is 10.4. The normalized spacial score (nSPS) is 13.6. The Kier molecular flexibility index (Phi) is 5.12. The first-order valence-electron chi connectivity index (χ1n) is 2.97. The lowest BCUT2D eigenvalue weighted by Crippen LogP contribution is -2.05. The molecule has 0 bridgehead atoms. The van der Waals surface area contributed by atoms with Crippen LogP contribution in [0.25, 0.3) is 0 Å². The van der Waals surface area contributed by atoms with Gasteiger partial charge in [-0.25, -0.2) is 0 Å². The summed E-state index contributed by atoms with van der Waals surface area (Å²) >= 11 is 1.61. The maximum Gasteiger partial charge on any atom is 0.233 e. The SMILES string of the molecule is CN/C(C)=C(/[C-]=[O+]C)SC. The van der Waals surface area contributed by atoms with Crippen LogP contribution in [0.15, 0.2) is 10.6 Å². The molecule has 0 unspecified atom stereocenters. The van der Waals surface area contributed by atoms with Gasteiger partial charge in [0.1, 0.15) is 0 Å². The number of nitrogens with one attached hydrogen (secondary N) is 1. The first kappa shape index (κ1) is 9.56. The minimum absolute atomic E-state index is 1.00. The van der Waals surface area contributed by atoms with Gasteiger partial charge < -0.3 is 9.74 Å². The van der Waals surface area contributed by atoms with Crippen molar-refractivity contribution in [2.24, 2.45) is 0 Å². The first-order chi connectivity index (χ1) is 4.76. The highest BCUT2D eigenvalue weighted by Crippen LogP contribution is 2.11. The summed E-state index contributed by atoms with van der Waals surface area (Å²) in [7, 11) is 3.47. The van der Waals surface area contributed by atoms with Crippen LogP contribution in [0, 0.1) is 0 Å². The Morgan fingerprint density at radius 2 is 2.20 bits per heavy atom. The van der Waals surface area contributed by atoms with Gasteiger partial charge in [-0.3, -0.25) is 0 Å². The Morgan fingerprint density at radius 1 is 1.60 bits per heavy atom. The fourth-order valence-electron chi connectivity index (χ4n) is 0.478. The van der Waals surface area contributed by atoms with Crippen molar-refractivity contribution in [3.05, 3.63) is 10.6 Å². The quantitative estimate of drug-likeness (QED) is 0.378. The number of rotatable bonds is 3. The van der Waals surface area contributed by atoms with Gasteiger partial charge in [-0.1, -0.05) is 6.92 Å². The zero-order valence-electron chi connectivity index (χ0n) is 6.82. The van der Waals surface area contributed by atoms with Crippen LogP contribution in [0.1, 0.15) is 6.92 Å². The molecule has 0 aliphatic heterocycles. The lowest BCUT2D eigenvalue weighted by Gasteiger charge is -2.09. The molecule has 0 saturated heterocycles. The van der Waals surface area contributed by atoms with E-state index in [2.05, 4.69) is 11.6 Å². The van der Waals surface area contributed by atoms with Crippen LogP contribution in [0.3, 0.4) is 0 Å². The summed E-state index contributed by atoms with van der Waals surface area (Å²) in [4.78, 5) is 1.00. The van der Waals surface area contributed by atoms with E-state index >= 15 is 0 Å². The standard InChI is InChI=1S/C7H13NOS/c1-6(8-2)7(10-4)5-9-3/h8H,1-4H3/b7-6-. The number of hydrogen-bond donors (Lipinski definition) is 1. The van der Waals surface area contributed by atoms with Crippen molar-refractivity contribution < 1.29 is 4.42 Å². The van der Waals surface area contributed by atoms with Gasteiger partial charge in [0, 0.05) is 0 Å². The van der Waals surface area contributed by atoms with Crippen LogP contribution in [-0.2, 0) is 4.42 Å². The predicted molar refractivity (Wildman–Crippen MR) is 46.9 cm³/mol. The molecule has 0 radical (unpaired) electrons. The Hall–Kier alpha value is -0.440. The Morgan fingerprint density at radius 3 is 2.50 bits per heavy atom. The molecule has 0 heterocycles. The van der Waals surface area contributed by atoms with Gasteiger partial charge in [-0.2, -0.15) is 11.8 Å². The molecule has 1 N–H and O–H groups in total. The van der Waals surface area contributed by atoms with E-state index in [0.29, 0.717) is 0 Å². The number of hydrogen-bond acceptors (Lipinski definition) is 2. The molecular weight excluding hydrogens is 146 g/mol. The average molecular weight is 159 g/mol. The molecule has 0 aromatic heterocycles. The van der Waals surface area contributed by atoms with Gasteiger partial charge in [-0.15, -0.1) is 5.70 Å². The van der Waals surface area contributed by atoms with Crippen LogP contribution in [0.4, 0.5) is 0 Å². The molecule has 0 rings (SSSR count). The molecular formula is C7H13NOS. The Bertz CT molecular complexity index is 152. The highest BCUT2D eigenvalue weighted by molar-refractivity contribution is 8.03. The third-order valence-corrected chi connectivity index (χ3v) is 1.91. The summed E-state index contributed by atoms with van der Waals surface area (Å²) in [6.07, 6.45) is 4.75. The van der Waals surface area contributed by atoms with Crippen molar-refractivity contribution >= 4 is 18.0 Å². The first-order valence-corrected chi connectivity index (χ1v) is 4.20. The van der Waals surface area contributed by atoms with E-state index in [1.54, 1.807) is 18.9 Å². The lowest BCUT2D eigenvalue weighted by molar-refractivity contribution is 0.186. The van der Waals surface area contributed by atoms with Gasteiger partial charge >= 0.3 is 0 Å². The van der Waals surface area contributed by atoms with E-state index in [4.69, 9.17) is 4.42 Å². The fraction of sp³-hybridized carbons (Fsp3) is 0.571. The predicted octanol–water partition coefficient (Wildman–Crippen LogP) is 1.08. The molecule has 0 aliphatic rings.